The standard InChI is InChI=1S/C44H52F2N12O5/c1-53-39-26(6-4-7-31(39)37(51-53)32-12-13-36(59)50-42(32)60)5-2-3-15-54-17-19-55(20-18-54)44(62)27-8-10-28(11-9-27)58-24-34(38(52-58)40(45)46)48-43(61)33-22-47-57-16-14-35(49-41(33)57)56-23-30-21-29(56)25-63-30/h4,6-7,14,16,22,24,27-30,32,40H,2-3,5,8-13,15,17-21,23,25H2,1H3,(H,48,61)(H,50,59,60)/t27?,28?,29-,30-,32?/m1/s1. The summed E-state index contributed by atoms with van der Waals surface area (Å²) in [5.74, 6) is -0.795. The fourth-order valence-corrected chi connectivity index (χ4v) is 10.4. The fraction of sp³-hybridized carbons (Fsp3) is 0.545. The lowest BCUT2D eigenvalue weighted by molar-refractivity contribution is -0.138. The molecule has 332 valence electrons. The summed E-state index contributed by atoms with van der Waals surface area (Å²) in [4.78, 5) is 62.8. The number of para-hydroxylation sites is 1. The Morgan fingerprint density at radius 1 is 1.00 bits per heavy atom. The van der Waals surface area contributed by atoms with E-state index in [1.807, 2.05) is 34.8 Å². The Balaban J connectivity index is 0.691. The number of anilines is 2. The van der Waals surface area contributed by atoms with Crippen LogP contribution in [-0.2, 0) is 32.6 Å². The van der Waals surface area contributed by atoms with Gasteiger partial charge in [0.25, 0.3) is 12.3 Å². The van der Waals surface area contributed by atoms with Gasteiger partial charge in [0.1, 0.15) is 11.4 Å². The molecule has 2 N–H and O–H groups in total. The summed E-state index contributed by atoms with van der Waals surface area (Å²) in [5, 5.41) is 19.3. The highest BCUT2D eigenvalue weighted by atomic mass is 19.3. The van der Waals surface area contributed by atoms with Crippen LogP contribution in [0.25, 0.3) is 16.6 Å². The van der Waals surface area contributed by atoms with Crippen LogP contribution < -0.4 is 15.5 Å². The van der Waals surface area contributed by atoms with Crippen LogP contribution in [0.2, 0.25) is 0 Å². The average Bonchev–Trinajstić information content (AvgIpc) is 4.15. The number of halogens is 2. The van der Waals surface area contributed by atoms with E-state index in [0.717, 1.165) is 74.3 Å². The number of benzene rings is 1. The number of aryl methyl sites for hydroxylation is 2. The van der Waals surface area contributed by atoms with Crippen molar-refractivity contribution >= 4 is 51.7 Å². The smallest absolute Gasteiger partial charge is 0.284 e. The van der Waals surface area contributed by atoms with Gasteiger partial charge in [-0.05, 0) is 76.0 Å². The molecule has 17 nitrogen and oxygen atoms in total. The molecule has 1 aliphatic carbocycles. The van der Waals surface area contributed by atoms with Crippen LogP contribution >= 0.6 is 0 Å². The third-order valence-corrected chi connectivity index (χ3v) is 13.8. The number of amides is 4. The Hall–Kier alpha value is -5.82. The number of carbonyl (C=O) groups excluding carboxylic acids is 4. The molecule has 4 aliphatic heterocycles. The Labute approximate surface area is 362 Å². The summed E-state index contributed by atoms with van der Waals surface area (Å²) >= 11 is 0. The molecule has 5 aliphatic rings. The number of aromatic nitrogens is 7. The summed E-state index contributed by atoms with van der Waals surface area (Å²) in [5.41, 5.74) is 2.90. The highest BCUT2D eigenvalue weighted by Gasteiger charge is 2.40. The molecule has 5 aromatic rings. The molecule has 4 amide bonds. The van der Waals surface area contributed by atoms with Crippen LogP contribution in [-0.4, -0.2) is 126 Å². The minimum atomic E-state index is -2.90. The van der Waals surface area contributed by atoms with E-state index in [9.17, 15) is 28.0 Å². The predicted molar refractivity (Wildman–Crippen MR) is 226 cm³/mol. The first-order chi connectivity index (χ1) is 30.6. The number of morpholine rings is 1. The molecule has 2 bridgehead atoms. The second kappa shape index (κ2) is 17.0. The van der Waals surface area contributed by atoms with Gasteiger partial charge >= 0.3 is 0 Å². The van der Waals surface area contributed by atoms with Crippen molar-refractivity contribution in [3.8, 4) is 0 Å². The van der Waals surface area contributed by atoms with Crippen molar-refractivity contribution in [3.63, 3.8) is 0 Å². The van der Waals surface area contributed by atoms with E-state index < -0.39 is 23.9 Å². The minimum Gasteiger partial charge on any atom is -0.374 e. The van der Waals surface area contributed by atoms with Crippen molar-refractivity contribution in [2.24, 2.45) is 13.0 Å². The molecule has 0 spiro atoms. The quantitative estimate of drug-likeness (QED) is 0.134. The molecule has 1 unspecified atom stereocenters. The van der Waals surface area contributed by atoms with Crippen molar-refractivity contribution in [2.75, 3.05) is 56.1 Å². The number of carbonyl (C=O) groups is 4. The number of nitrogens with one attached hydrogen (secondary N) is 2. The Morgan fingerprint density at radius 2 is 1.83 bits per heavy atom. The molecular formula is C44H52F2N12O5. The zero-order valence-electron chi connectivity index (χ0n) is 35.3. The van der Waals surface area contributed by atoms with Crippen molar-refractivity contribution in [2.45, 2.75) is 94.7 Å². The second-order valence-electron chi connectivity index (χ2n) is 17.7. The average molecular weight is 867 g/mol. The molecule has 10 rings (SSSR count). The fourth-order valence-electron chi connectivity index (χ4n) is 10.4. The van der Waals surface area contributed by atoms with Gasteiger partial charge in [0.05, 0.1) is 53.8 Å². The highest BCUT2D eigenvalue weighted by molar-refractivity contribution is 6.08. The summed E-state index contributed by atoms with van der Waals surface area (Å²) in [7, 11) is 1.91. The van der Waals surface area contributed by atoms with E-state index in [2.05, 4.69) is 36.7 Å². The largest absolute Gasteiger partial charge is 0.374 e. The van der Waals surface area contributed by atoms with Crippen LogP contribution in [0.4, 0.5) is 20.3 Å². The van der Waals surface area contributed by atoms with Crippen LogP contribution in [0.15, 0.2) is 42.9 Å². The SMILES string of the molecule is Cn1nc(C2CCC(=O)NC2=O)c2cccc(CCCCN3CCN(C(=O)C4CCC(n5cc(NC(=O)c6cnn7ccc(N8C[C@H]9C[C@@H]8CO9)nc67)c(C(F)F)n5)CC4)CC3)c21. The van der Waals surface area contributed by atoms with Gasteiger partial charge in [-0.2, -0.15) is 15.3 Å². The number of unbranched alkanes of at least 4 members (excludes halogenated alkanes) is 1. The molecule has 0 radical (unpaired) electrons. The van der Waals surface area contributed by atoms with Crippen LogP contribution in [0, 0.1) is 5.92 Å². The molecule has 4 saturated heterocycles. The molecular weight excluding hydrogens is 815 g/mol. The maximum absolute atomic E-state index is 14.3. The number of hydrogen-bond donors (Lipinski definition) is 2. The van der Waals surface area contributed by atoms with Crippen molar-refractivity contribution < 1.29 is 32.7 Å². The summed E-state index contributed by atoms with van der Waals surface area (Å²) in [6.45, 7) is 5.28. The van der Waals surface area contributed by atoms with Crippen LogP contribution in [0.5, 0.6) is 0 Å². The second-order valence-corrected chi connectivity index (χ2v) is 17.7. The van der Waals surface area contributed by atoms with Crippen molar-refractivity contribution in [1.29, 1.82) is 0 Å². The van der Waals surface area contributed by atoms with Gasteiger partial charge in [-0.15, -0.1) is 0 Å². The summed E-state index contributed by atoms with van der Waals surface area (Å²) < 4.78 is 39.2. The van der Waals surface area contributed by atoms with Crippen molar-refractivity contribution in [1.82, 2.24) is 49.3 Å². The first-order valence-corrected chi connectivity index (χ1v) is 22.3. The van der Waals surface area contributed by atoms with E-state index >= 15 is 0 Å². The normalized spacial score (nSPS) is 24.3. The molecule has 3 atom stereocenters. The Bertz CT molecular complexity index is 2560. The van der Waals surface area contributed by atoms with E-state index in [1.165, 1.54) is 27.2 Å². The van der Waals surface area contributed by atoms with Gasteiger partial charge in [0.15, 0.2) is 11.3 Å². The van der Waals surface area contributed by atoms with Crippen molar-refractivity contribution in [3.05, 3.63) is 65.4 Å². The lowest BCUT2D eigenvalue weighted by Crippen LogP contribution is -2.50. The number of fused-ring (bicyclic) bond motifs is 4. The number of nitrogens with zero attached hydrogens (tertiary/aromatic N) is 10. The van der Waals surface area contributed by atoms with E-state index in [-0.39, 0.29) is 53.1 Å². The van der Waals surface area contributed by atoms with E-state index in [1.54, 1.807) is 6.20 Å². The van der Waals surface area contributed by atoms with E-state index in [0.29, 0.717) is 63.9 Å². The van der Waals surface area contributed by atoms with Gasteiger partial charge in [-0.3, -0.25) is 38.8 Å². The third kappa shape index (κ3) is 8.04. The number of rotatable bonds is 12. The number of hydrogen-bond acceptors (Lipinski definition) is 11. The zero-order valence-corrected chi connectivity index (χ0v) is 35.3. The predicted octanol–water partition coefficient (Wildman–Crippen LogP) is 4.40. The summed E-state index contributed by atoms with van der Waals surface area (Å²) in [6, 6.07) is 8.06. The summed E-state index contributed by atoms with van der Waals surface area (Å²) in [6.07, 6.45) is 8.97. The molecule has 5 fully saturated rings. The first-order valence-electron chi connectivity index (χ1n) is 22.3. The molecule has 63 heavy (non-hydrogen) atoms. The van der Waals surface area contributed by atoms with Crippen LogP contribution in [0.3, 0.4) is 0 Å². The number of piperazine rings is 1. The van der Waals surface area contributed by atoms with Gasteiger partial charge < -0.3 is 19.9 Å². The van der Waals surface area contributed by atoms with E-state index in [4.69, 9.17) is 14.8 Å². The van der Waals surface area contributed by atoms with Gasteiger partial charge in [0.2, 0.25) is 17.7 Å². The lowest BCUT2D eigenvalue weighted by atomic mass is 9.85. The third-order valence-electron chi connectivity index (χ3n) is 13.8. The number of ether oxygens (including phenoxy) is 1. The molecule has 19 heteroatoms. The van der Waals surface area contributed by atoms with Crippen LogP contribution in [0.1, 0.15) is 103 Å². The maximum atomic E-state index is 14.3. The topological polar surface area (TPSA) is 177 Å². The number of alkyl halides is 2. The monoisotopic (exact) mass is 866 g/mol. The Kier molecular flexibility index (Phi) is 11.1. The molecule has 4 aromatic heterocycles. The first kappa shape index (κ1) is 41.2. The van der Waals surface area contributed by atoms with Gasteiger partial charge in [0, 0.05) is 69.9 Å². The molecule has 1 aromatic carbocycles. The molecule has 8 heterocycles. The molecule has 1 saturated carbocycles. The minimum absolute atomic E-state index is 0.0537. The van der Waals surface area contributed by atoms with Gasteiger partial charge in [-0.25, -0.2) is 18.3 Å². The van der Waals surface area contributed by atoms with Gasteiger partial charge in [-0.1, -0.05) is 18.2 Å². The zero-order chi connectivity index (χ0) is 43.4. The maximum Gasteiger partial charge on any atom is 0.284 e. The highest BCUT2D eigenvalue weighted by Crippen LogP contribution is 2.37. The lowest BCUT2D eigenvalue weighted by Gasteiger charge is -2.38. The number of imide groups is 1. The number of piperidine rings is 1. The Morgan fingerprint density at radius 3 is 2.57 bits per heavy atom.